The van der Waals surface area contributed by atoms with Crippen LogP contribution in [0.3, 0.4) is 0 Å². The molecule has 0 saturated carbocycles. The highest BCUT2D eigenvalue weighted by Gasteiger charge is 2.23. The molecule has 0 amide bonds. The lowest BCUT2D eigenvalue weighted by atomic mass is 10.0. The SMILES string of the molecule is CCN(C(C)COC)C(CN)c1cc(Cl)cc(Cl)c1. The van der Waals surface area contributed by atoms with Crippen LogP contribution < -0.4 is 5.73 Å². The zero-order valence-electron chi connectivity index (χ0n) is 11.7. The Morgan fingerprint density at radius 1 is 1.26 bits per heavy atom. The number of nitrogens with zero attached hydrogens (tertiary/aromatic N) is 1. The van der Waals surface area contributed by atoms with Gasteiger partial charge in [-0.05, 0) is 37.2 Å². The van der Waals surface area contributed by atoms with Gasteiger partial charge in [-0.2, -0.15) is 0 Å². The molecule has 108 valence electrons. The maximum atomic E-state index is 6.07. The highest BCUT2D eigenvalue weighted by atomic mass is 35.5. The Morgan fingerprint density at radius 2 is 1.84 bits per heavy atom. The van der Waals surface area contributed by atoms with Crippen molar-refractivity contribution in [3.05, 3.63) is 33.8 Å². The first-order valence-corrected chi connectivity index (χ1v) is 7.19. The van der Waals surface area contributed by atoms with Gasteiger partial charge in [0.25, 0.3) is 0 Å². The van der Waals surface area contributed by atoms with E-state index in [-0.39, 0.29) is 12.1 Å². The van der Waals surface area contributed by atoms with Gasteiger partial charge in [0.15, 0.2) is 0 Å². The first-order chi connectivity index (χ1) is 9.03. The molecule has 2 unspecified atom stereocenters. The number of nitrogens with two attached hydrogens (primary N) is 1. The average Bonchev–Trinajstić information content (AvgIpc) is 2.34. The third-order valence-corrected chi connectivity index (χ3v) is 3.67. The van der Waals surface area contributed by atoms with Crippen LogP contribution in [-0.4, -0.2) is 37.7 Å². The predicted octanol–water partition coefficient (Wildman–Crippen LogP) is 3.35. The number of halogens is 2. The fourth-order valence-electron chi connectivity index (χ4n) is 2.41. The quantitative estimate of drug-likeness (QED) is 0.839. The number of likely N-dealkylation sites (N-methyl/N-ethyl adjacent to an activating group) is 1. The molecule has 1 aromatic carbocycles. The molecule has 3 nitrogen and oxygen atoms in total. The lowest BCUT2D eigenvalue weighted by Crippen LogP contribution is -2.42. The molecule has 0 saturated heterocycles. The van der Waals surface area contributed by atoms with Crippen LogP contribution in [0.4, 0.5) is 0 Å². The molecule has 0 aliphatic carbocycles. The van der Waals surface area contributed by atoms with Crippen LogP contribution in [0.5, 0.6) is 0 Å². The third-order valence-electron chi connectivity index (χ3n) is 3.23. The zero-order chi connectivity index (χ0) is 14.4. The molecule has 0 bridgehead atoms. The monoisotopic (exact) mass is 304 g/mol. The molecule has 2 atom stereocenters. The Labute approximate surface area is 125 Å². The van der Waals surface area contributed by atoms with Gasteiger partial charge in [0.2, 0.25) is 0 Å². The molecule has 5 heteroatoms. The van der Waals surface area contributed by atoms with E-state index in [1.807, 2.05) is 12.1 Å². The lowest BCUT2D eigenvalue weighted by molar-refractivity contribution is 0.0751. The summed E-state index contributed by atoms with van der Waals surface area (Å²) in [6.07, 6.45) is 0. The summed E-state index contributed by atoms with van der Waals surface area (Å²) in [7, 11) is 1.71. The average molecular weight is 305 g/mol. The minimum absolute atomic E-state index is 0.0892. The normalized spacial score (nSPS) is 14.7. The molecular formula is C14H22Cl2N2O. The van der Waals surface area contributed by atoms with Crippen LogP contribution in [0.15, 0.2) is 18.2 Å². The molecule has 0 aromatic heterocycles. The van der Waals surface area contributed by atoms with Crippen molar-refractivity contribution in [3.63, 3.8) is 0 Å². The fourth-order valence-corrected chi connectivity index (χ4v) is 2.95. The molecule has 0 heterocycles. The molecule has 1 aromatic rings. The van der Waals surface area contributed by atoms with E-state index < -0.39 is 0 Å². The van der Waals surface area contributed by atoms with Gasteiger partial charge in [-0.3, -0.25) is 4.90 Å². The Balaban J connectivity index is 3.02. The molecule has 19 heavy (non-hydrogen) atoms. The van der Waals surface area contributed by atoms with Crippen molar-refractivity contribution in [1.82, 2.24) is 4.90 Å². The molecule has 0 radical (unpaired) electrons. The molecular weight excluding hydrogens is 283 g/mol. The van der Waals surface area contributed by atoms with Crippen molar-refractivity contribution >= 4 is 23.2 Å². The summed E-state index contributed by atoms with van der Waals surface area (Å²) < 4.78 is 5.23. The molecule has 0 fully saturated rings. The molecule has 2 N–H and O–H groups in total. The maximum Gasteiger partial charge on any atom is 0.0615 e. The Bertz CT molecular complexity index is 381. The molecule has 0 aliphatic rings. The summed E-state index contributed by atoms with van der Waals surface area (Å²) in [4.78, 5) is 2.30. The predicted molar refractivity (Wildman–Crippen MR) is 82.0 cm³/mol. The van der Waals surface area contributed by atoms with Gasteiger partial charge in [0.05, 0.1) is 6.61 Å². The number of hydrogen-bond acceptors (Lipinski definition) is 3. The van der Waals surface area contributed by atoms with Crippen LogP contribution >= 0.6 is 23.2 Å². The lowest BCUT2D eigenvalue weighted by Gasteiger charge is -2.35. The number of ether oxygens (including phenoxy) is 1. The standard InChI is InChI=1S/C14H22Cl2N2O/c1-4-18(10(2)9-19-3)14(8-17)11-5-12(15)7-13(16)6-11/h5-7,10,14H,4,8-9,17H2,1-3H3. The van der Waals surface area contributed by atoms with E-state index in [0.717, 1.165) is 12.1 Å². The second-order valence-electron chi connectivity index (χ2n) is 4.59. The number of methoxy groups -OCH3 is 1. The minimum atomic E-state index is 0.0892. The Kier molecular flexibility index (Phi) is 7.11. The smallest absolute Gasteiger partial charge is 0.0615 e. The van der Waals surface area contributed by atoms with Crippen LogP contribution in [0.2, 0.25) is 10.0 Å². The van der Waals surface area contributed by atoms with Gasteiger partial charge >= 0.3 is 0 Å². The van der Waals surface area contributed by atoms with Crippen LogP contribution in [-0.2, 0) is 4.74 Å². The van der Waals surface area contributed by atoms with Crippen molar-refractivity contribution in [2.75, 3.05) is 26.8 Å². The maximum absolute atomic E-state index is 6.07. The van der Waals surface area contributed by atoms with Crippen LogP contribution in [0.1, 0.15) is 25.5 Å². The van der Waals surface area contributed by atoms with E-state index in [1.165, 1.54) is 0 Å². The van der Waals surface area contributed by atoms with Gasteiger partial charge in [-0.15, -0.1) is 0 Å². The second-order valence-corrected chi connectivity index (χ2v) is 5.46. The van der Waals surface area contributed by atoms with E-state index in [9.17, 15) is 0 Å². The number of hydrogen-bond donors (Lipinski definition) is 1. The largest absolute Gasteiger partial charge is 0.383 e. The van der Waals surface area contributed by atoms with Gasteiger partial charge in [-0.25, -0.2) is 0 Å². The third kappa shape index (κ3) is 4.62. The van der Waals surface area contributed by atoms with E-state index >= 15 is 0 Å². The summed E-state index contributed by atoms with van der Waals surface area (Å²) in [6.45, 7) is 6.30. The van der Waals surface area contributed by atoms with Crippen molar-refractivity contribution in [2.45, 2.75) is 25.9 Å². The zero-order valence-corrected chi connectivity index (χ0v) is 13.2. The summed E-state index contributed by atoms with van der Waals surface area (Å²) in [5.41, 5.74) is 6.99. The second kappa shape index (κ2) is 8.08. The van der Waals surface area contributed by atoms with Gasteiger partial charge in [0, 0.05) is 35.8 Å². The molecule has 1 rings (SSSR count). The van der Waals surface area contributed by atoms with Crippen molar-refractivity contribution in [1.29, 1.82) is 0 Å². The van der Waals surface area contributed by atoms with Crippen molar-refractivity contribution in [2.24, 2.45) is 5.73 Å². The number of benzene rings is 1. The fraction of sp³-hybridized carbons (Fsp3) is 0.571. The van der Waals surface area contributed by atoms with Crippen molar-refractivity contribution in [3.8, 4) is 0 Å². The summed E-state index contributed by atoms with van der Waals surface area (Å²) in [6, 6.07) is 5.95. The first-order valence-electron chi connectivity index (χ1n) is 6.44. The van der Waals surface area contributed by atoms with E-state index in [0.29, 0.717) is 23.2 Å². The minimum Gasteiger partial charge on any atom is -0.383 e. The molecule has 0 spiro atoms. The van der Waals surface area contributed by atoms with Crippen LogP contribution in [0.25, 0.3) is 0 Å². The molecule has 0 aliphatic heterocycles. The summed E-state index contributed by atoms with van der Waals surface area (Å²) >= 11 is 12.1. The Morgan fingerprint density at radius 3 is 2.26 bits per heavy atom. The van der Waals surface area contributed by atoms with Crippen LogP contribution in [0, 0.1) is 0 Å². The van der Waals surface area contributed by atoms with Gasteiger partial charge in [0.1, 0.15) is 0 Å². The van der Waals surface area contributed by atoms with E-state index in [2.05, 4.69) is 18.7 Å². The highest BCUT2D eigenvalue weighted by molar-refractivity contribution is 6.34. The van der Waals surface area contributed by atoms with Crippen molar-refractivity contribution < 1.29 is 4.74 Å². The topological polar surface area (TPSA) is 38.5 Å². The first kappa shape index (κ1) is 16.7. The van der Waals surface area contributed by atoms with E-state index in [4.69, 9.17) is 33.7 Å². The van der Waals surface area contributed by atoms with E-state index in [1.54, 1.807) is 13.2 Å². The highest BCUT2D eigenvalue weighted by Crippen LogP contribution is 2.27. The number of rotatable bonds is 7. The van der Waals surface area contributed by atoms with Gasteiger partial charge in [-0.1, -0.05) is 30.1 Å². The summed E-state index contributed by atoms with van der Waals surface area (Å²) in [5, 5.41) is 1.27. The van der Waals surface area contributed by atoms with Gasteiger partial charge < -0.3 is 10.5 Å². The Hall–Kier alpha value is -0.320. The summed E-state index contributed by atoms with van der Waals surface area (Å²) in [5.74, 6) is 0.